The van der Waals surface area contributed by atoms with Crippen molar-refractivity contribution < 1.29 is 24.5 Å². The first-order valence-electron chi connectivity index (χ1n) is 13.4. The summed E-state index contributed by atoms with van der Waals surface area (Å²) in [7, 11) is -1.52. The van der Waals surface area contributed by atoms with Crippen molar-refractivity contribution in [1.82, 2.24) is 9.97 Å². The van der Waals surface area contributed by atoms with Crippen molar-refractivity contribution in [3.8, 4) is 22.5 Å². The van der Waals surface area contributed by atoms with Crippen LogP contribution >= 0.6 is 0 Å². The van der Waals surface area contributed by atoms with E-state index in [0.29, 0.717) is 5.92 Å². The molecular weight excluding hydrogens is 685 g/mol. The molecule has 0 atom stereocenters. The van der Waals surface area contributed by atoms with Crippen LogP contribution in [-0.2, 0) is 20.1 Å². The number of hydrogen-bond donors (Lipinski definition) is 0. The number of hydrogen-bond acceptors (Lipinski definition) is 3. The summed E-state index contributed by atoms with van der Waals surface area (Å²) in [6, 6.07) is 33.3. The van der Waals surface area contributed by atoms with Crippen molar-refractivity contribution in [2.24, 2.45) is 0 Å². The van der Waals surface area contributed by atoms with E-state index < -0.39 is 8.07 Å². The fourth-order valence-electron chi connectivity index (χ4n) is 4.63. The number of pyridine rings is 2. The zero-order chi connectivity index (χ0) is 27.6. The van der Waals surface area contributed by atoms with Gasteiger partial charge in [0.25, 0.3) is 0 Å². The minimum atomic E-state index is -1.52. The second-order valence-corrected chi connectivity index (χ2v) is 16.3. The zero-order valence-electron chi connectivity index (χ0n) is 23.9. The number of rotatable bonds is 4. The Labute approximate surface area is 252 Å². The minimum Gasteiger partial charge on any atom is -0.501 e. The first-order chi connectivity index (χ1) is 18.7. The largest absolute Gasteiger partial charge is 0.501 e. The topological polar surface area (TPSA) is 38.9 Å². The Morgan fingerprint density at radius 2 is 1.52 bits per heavy atom. The minimum absolute atomic E-state index is 0. The van der Waals surface area contributed by atoms with Crippen LogP contribution in [0.2, 0.25) is 19.6 Å². The molecule has 0 N–H and O–H groups in total. The summed E-state index contributed by atoms with van der Waals surface area (Å²) in [5, 5.41) is 3.81. The molecule has 3 nitrogen and oxygen atoms in total. The zero-order valence-corrected chi connectivity index (χ0v) is 27.3. The van der Waals surface area contributed by atoms with Gasteiger partial charge in [-0.2, -0.15) is 0 Å². The standard InChI is InChI=1S/C21H20NOSi.C14H14N.Ir/c1-14-9-11-17(22-13-14)15-10-12-19(24(2,3)4)20-16-7-5-6-8-18(16)23-21(15)20;1-11(2)13-8-9-14(15-10-13)12-6-4-3-5-7-12;/h5-9,11-13H,1-4H3;3-6,8-11H,1-2H3;/q2*-1;. The van der Waals surface area contributed by atoms with Gasteiger partial charge in [0.05, 0.1) is 5.58 Å². The van der Waals surface area contributed by atoms with Crippen molar-refractivity contribution in [1.29, 1.82) is 0 Å². The van der Waals surface area contributed by atoms with Gasteiger partial charge in [0, 0.05) is 46.0 Å². The molecule has 3 aromatic carbocycles. The second-order valence-electron chi connectivity index (χ2n) is 11.3. The van der Waals surface area contributed by atoms with Crippen LogP contribution in [0.4, 0.5) is 0 Å². The third-order valence-corrected chi connectivity index (χ3v) is 8.88. The summed E-state index contributed by atoms with van der Waals surface area (Å²) in [5.74, 6) is 0.534. The van der Waals surface area contributed by atoms with E-state index in [2.05, 4.69) is 92.0 Å². The van der Waals surface area contributed by atoms with Crippen molar-refractivity contribution in [3.05, 3.63) is 115 Å². The van der Waals surface area contributed by atoms with Crippen LogP contribution in [0.5, 0.6) is 0 Å². The SMILES string of the molecule is CC(C)c1ccc(-c2[c-]cccc2)nc1.Cc1ccc(-c2[c-]cc([Si](C)(C)C)c3c2oc2ccccc23)nc1.[Ir]. The van der Waals surface area contributed by atoms with Crippen molar-refractivity contribution in [3.63, 3.8) is 0 Å². The summed E-state index contributed by atoms with van der Waals surface area (Å²) in [6.45, 7) is 13.5. The van der Waals surface area contributed by atoms with Gasteiger partial charge in [-0.25, -0.2) is 0 Å². The van der Waals surface area contributed by atoms with Crippen LogP contribution in [0.3, 0.4) is 0 Å². The van der Waals surface area contributed by atoms with Crippen molar-refractivity contribution in [2.45, 2.75) is 46.3 Å². The summed E-state index contributed by atoms with van der Waals surface area (Å²) < 4.78 is 6.26. The van der Waals surface area contributed by atoms with Gasteiger partial charge >= 0.3 is 0 Å². The van der Waals surface area contributed by atoms with Gasteiger partial charge in [-0.15, -0.1) is 53.2 Å². The van der Waals surface area contributed by atoms with Crippen LogP contribution in [0.15, 0.2) is 95.7 Å². The van der Waals surface area contributed by atoms with Crippen LogP contribution in [-0.4, -0.2) is 18.0 Å². The maximum absolute atomic E-state index is 6.26. The number of aromatic nitrogens is 2. The predicted octanol–water partition coefficient (Wildman–Crippen LogP) is 8.97. The van der Waals surface area contributed by atoms with Gasteiger partial charge in [0.15, 0.2) is 0 Å². The van der Waals surface area contributed by atoms with E-state index in [-0.39, 0.29) is 20.1 Å². The molecule has 0 spiro atoms. The van der Waals surface area contributed by atoms with Gasteiger partial charge in [-0.1, -0.05) is 86.9 Å². The molecule has 205 valence electrons. The summed E-state index contributed by atoms with van der Waals surface area (Å²) >= 11 is 0. The fourth-order valence-corrected chi connectivity index (χ4v) is 6.13. The Balaban J connectivity index is 0.000000200. The molecule has 0 unspecified atom stereocenters. The molecule has 0 aliphatic carbocycles. The average molecular weight is 719 g/mol. The molecule has 0 aliphatic rings. The number of fused-ring (bicyclic) bond motifs is 3. The van der Waals surface area contributed by atoms with Gasteiger partial charge in [0.2, 0.25) is 0 Å². The monoisotopic (exact) mass is 719 g/mol. The van der Waals surface area contributed by atoms with Gasteiger partial charge in [-0.3, -0.25) is 0 Å². The Bertz CT molecular complexity index is 1700. The van der Waals surface area contributed by atoms with E-state index in [1.54, 1.807) is 0 Å². The Hall–Kier alpha value is -3.37. The van der Waals surface area contributed by atoms with E-state index in [4.69, 9.17) is 4.42 Å². The summed E-state index contributed by atoms with van der Waals surface area (Å²) in [6.07, 6.45) is 3.84. The maximum Gasteiger partial charge on any atom is 0.120 e. The van der Waals surface area contributed by atoms with E-state index in [1.165, 1.54) is 21.5 Å². The number of nitrogens with zero attached hydrogens (tertiary/aromatic N) is 2. The van der Waals surface area contributed by atoms with Gasteiger partial charge in [-0.05, 0) is 41.4 Å². The smallest absolute Gasteiger partial charge is 0.120 e. The number of aryl methyl sites for hydroxylation is 1. The van der Waals surface area contributed by atoms with Crippen LogP contribution in [0, 0.1) is 19.1 Å². The molecule has 1 radical (unpaired) electrons. The molecule has 0 amide bonds. The third kappa shape index (κ3) is 6.33. The van der Waals surface area contributed by atoms with Crippen LogP contribution in [0.1, 0.15) is 30.9 Å². The number of para-hydroxylation sites is 1. The van der Waals surface area contributed by atoms with E-state index in [0.717, 1.165) is 39.2 Å². The first kappa shape index (κ1) is 29.6. The predicted molar refractivity (Wildman–Crippen MR) is 166 cm³/mol. The van der Waals surface area contributed by atoms with Crippen LogP contribution in [0.25, 0.3) is 44.5 Å². The number of furan rings is 1. The molecule has 0 bridgehead atoms. The van der Waals surface area contributed by atoms with E-state index in [1.807, 2.05) is 61.8 Å². The molecule has 3 aromatic heterocycles. The maximum atomic E-state index is 6.26. The van der Waals surface area contributed by atoms with Crippen LogP contribution < -0.4 is 5.19 Å². The first-order valence-corrected chi connectivity index (χ1v) is 16.9. The normalized spacial score (nSPS) is 11.3. The van der Waals surface area contributed by atoms with E-state index >= 15 is 0 Å². The van der Waals surface area contributed by atoms with Crippen molar-refractivity contribution in [2.75, 3.05) is 0 Å². The Kier molecular flexibility index (Phi) is 9.20. The molecule has 0 saturated heterocycles. The average Bonchev–Trinajstić information content (AvgIpc) is 3.33. The molecule has 40 heavy (non-hydrogen) atoms. The summed E-state index contributed by atoms with van der Waals surface area (Å²) in [5.41, 5.74) is 8.16. The molecule has 5 heteroatoms. The van der Waals surface area contributed by atoms with E-state index in [9.17, 15) is 0 Å². The third-order valence-electron chi connectivity index (χ3n) is 6.87. The molecule has 6 rings (SSSR count). The van der Waals surface area contributed by atoms with Crippen molar-refractivity contribution >= 4 is 35.2 Å². The molecule has 0 fully saturated rings. The molecule has 0 aliphatic heterocycles. The Morgan fingerprint density at radius 3 is 2.15 bits per heavy atom. The molecular formula is C35H34IrN2OSi-2. The molecule has 0 saturated carbocycles. The van der Waals surface area contributed by atoms with Gasteiger partial charge < -0.3 is 14.4 Å². The second kappa shape index (κ2) is 12.4. The fraction of sp³-hybridized carbons (Fsp3) is 0.200. The molecule has 6 aromatic rings. The Morgan fingerprint density at radius 1 is 0.800 bits per heavy atom. The van der Waals surface area contributed by atoms with Gasteiger partial charge in [0.1, 0.15) is 5.58 Å². The summed E-state index contributed by atoms with van der Waals surface area (Å²) in [4.78, 5) is 9.02. The number of benzene rings is 3. The molecule has 3 heterocycles. The quantitative estimate of drug-likeness (QED) is 0.135.